The number of ether oxygens (including phenoxy) is 4. The van der Waals surface area contributed by atoms with Gasteiger partial charge in [-0.3, -0.25) is 29.0 Å². The number of benzene rings is 4. The summed E-state index contributed by atoms with van der Waals surface area (Å²) in [5.41, 5.74) is 3.16. The Morgan fingerprint density at radius 2 is 1.08 bits per heavy atom. The smallest absolute Gasteiger partial charge is 0.314 e. The van der Waals surface area contributed by atoms with Gasteiger partial charge in [0.05, 0.1) is 33.9 Å². The first kappa shape index (κ1) is 41.9. The molecule has 5 aromatic rings. The zero-order valence-electron chi connectivity index (χ0n) is 33.5. The number of carbonyl (C=O) groups is 5. The number of carbonyl (C=O) groups excluding carboxylic acids is 5. The first-order valence-electron chi connectivity index (χ1n) is 20.2. The molecule has 2 aliphatic rings. The maximum Gasteiger partial charge on any atom is 0.314 e. The van der Waals surface area contributed by atoms with Crippen LogP contribution in [0.2, 0.25) is 0 Å². The van der Waals surface area contributed by atoms with Gasteiger partial charge in [-0.15, -0.1) is 11.3 Å². The maximum absolute atomic E-state index is 13.6. The molecule has 0 N–H and O–H groups in total. The topological polar surface area (TPSA) is 148 Å². The summed E-state index contributed by atoms with van der Waals surface area (Å²) in [6.07, 6.45) is 6.29. The molecule has 1 atom stereocenters. The highest BCUT2D eigenvalue weighted by Gasteiger charge is 2.34. The van der Waals surface area contributed by atoms with Crippen LogP contribution in [-0.2, 0) is 24.0 Å². The first-order valence-corrected chi connectivity index (χ1v) is 21.0. The van der Waals surface area contributed by atoms with Crippen LogP contribution in [0.4, 0.5) is 0 Å². The van der Waals surface area contributed by atoms with Crippen LogP contribution < -0.4 is 18.9 Å². The van der Waals surface area contributed by atoms with Crippen molar-refractivity contribution in [2.45, 2.75) is 71.3 Å². The molecule has 7 rings (SSSR count). The SMILES string of the molecule is C=CC(=O)C(/N=C/c1cc(OC(=O)C2CCC(C(=O)Oc3ccc(C)cc3)CC2)ccc1OC(=O)C1CCC(C(=O)Oc2ccc(C)cc2)CC1)c1nc2ccccc2s1. The highest BCUT2D eigenvalue weighted by Crippen LogP contribution is 2.35. The zero-order chi connectivity index (χ0) is 42.2. The highest BCUT2D eigenvalue weighted by molar-refractivity contribution is 7.18. The number of nitrogens with zero attached hydrogens (tertiary/aromatic N) is 2. The Morgan fingerprint density at radius 1 is 0.633 bits per heavy atom. The fourth-order valence-corrected chi connectivity index (χ4v) is 8.47. The van der Waals surface area contributed by atoms with Crippen molar-refractivity contribution in [2.24, 2.45) is 28.7 Å². The third-order valence-corrected chi connectivity index (χ3v) is 12.1. The van der Waals surface area contributed by atoms with Crippen LogP contribution in [0.5, 0.6) is 23.0 Å². The molecular formula is C48H46N2O9S. The van der Waals surface area contributed by atoms with Gasteiger partial charge >= 0.3 is 23.9 Å². The van der Waals surface area contributed by atoms with Crippen LogP contribution >= 0.6 is 11.3 Å². The number of aliphatic imine (C=N–C) groups is 1. The van der Waals surface area contributed by atoms with Crippen LogP contribution in [0.1, 0.15) is 79.1 Å². The number of fused-ring (bicyclic) bond motifs is 1. The van der Waals surface area contributed by atoms with Gasteiger partial charge in [-0.2, -0.15) is 0 Å². The van der Waals surface area contributed by atoms with Crippen molar-refractivity contribution < 1.29 is 42.9 Å². The second kappa shape index (κ2) is 19.2. The molecule has 0 bridgehead atoms. The van der Waals surface area contributed by atoms with Crippen molar-refractivity contribution in [1.82, 2.24) is 4.98 Å². The molecule has 60 heavy (non-hydrogen) atoms. The minimum atomic E-state index is -1.02. The molecule has 0 radical (unpaired) electrons. The molecule has 0 aliphatic heterocycles. The minimum absolute atomic E-state index is 0.158. The Labute approximate surface area is 352 Å². The number of rotatable bonds is 13. The number of esters is 4. The molecule has 1 unspecified atom stereocenters. The van der Waals surface area contributed by atoms with Crippen LogP contribution in [0, 0.1) is 37.5 Å². The predicted octanol–water partition coefficient (Wildman–Crippen LogP) is 9.46. The number of ketones is 1. The monoisotopic (exact) mass is 826 g/mol. The summed E-state index contributed by atoms with van der Waals surface area (Å²) in [4.78, 5) is 75.2. The van der Waals surface area contributed by atoms with Gasteiger partial charge in [0.1, 0.15) is 28.0 Å². The number of para-hydroxylation sites is 1. The average Bonchev–Trinajstić information content (AvgIpc) is 3.70. The van der Waals surface area contributed by atoms with Gasteiger partial charge in [0.25, 0.3) is 0 Å². The highest BCUT2D eigenvalue weighted by atomic mass is 32.1. The summed E-state index contributed by atoms with van der Waals surface area (Å²) < 4.78 is 23.9. The molecule has 2 aliphatic carbocycles. The molecule has 4 aromatic carbocycles. The van der Waals surface area contributed by atoms with Crippen LogP contribution in [0.3, 0.4) is 0 Å². The third kappa shape index (κ3) is 10.5. The van der Waals surface area contributed by atoms with E-state index in [9.17, 15) is 24.0 Å². The van der Waals surface area contributed by atoms with Crippen molar-refractivity contribution in [3.05, 3.63) is 125 Å². The summed E-state index contributed by atoms with van der Waals surface area (Å²) in [5.74, 6) is -2.14. The van der Waals surface area contributed by atoms with E-state index in [1.165, 1.54) is 29.7 Å². The summed E-state index contributed by atoms with van der Waals surface area (Å²) in [6, 6.07) is 25.7. The Balaban J connectivity index is 1.04. The fraction of sp³-hybridized carbons (Fsp3) is 0.312. The molecule has 11 nitrogen and oxygen atoms in total. The molecule has 12 heteroatoms. The van der Waals surface area contributed by atoms with Gasteiger partial charge in [-0.1, -0.05) is 54.1 Å². The van der Waals surface area contributed by atoms with E-state index >= 15 is 0 Å². The predicted molar refractivity (Wildman–Crippen MR) is 227 cm³/mol. The van der Waals surface area contributed by atoms with E-state index in [0.29, 0.717) is 73.4 Å². The molecular weight excluding hydrogens is 781 g/mol. The quantitative estimate of drug-likeness (QED) is 0.0487. The standard InChI is InChI=1S/C48H46N2O9S/c1-4-40(51)43(44-50-39-7-5-6-8-42(39)60-44)49-28-35-27-38(58-47(54)33-15-13-31(14-16-33)45(52)56-36-21-9-29(2)10-22-36)25-26-41(35)59-48(55)34-19-17-32(18-20-34)46(53)57-37-23-11-30(3)12-24-37/h4-12,21-28,31-34,43H,1,13-20H2,2-3H3/b49-28+. The zero-order valence-corrected chi connectivity index (χ0v) is 34.4. The van der Waals surface area contributed by atoms with E-state index < -0.39 is 29.8 Å². The van der Waals surface area contributed by atoms with E-state index in [2.05, 4.69) is 16.6 Å². The second-order valence-electron chi connectivity index (χ2n) is 15.4. The largest absolute Gasteiger partial charge is 0.426 e. The molecule has 0 saturated heterocycles. The average molecular weight is 827 g/mol. The van der Waals surface area contributed by atoms with Crippen molar-refractivity contribution in [1.29, 1.82) is 0 Å². The number of thiazole rings is 1. The lowest BCUT2D eigenvalue weighted by atomic mass is 9.82. The molecule has 0 amide bonds. The van der Waals surface area contributed by atoms with Crippen molar-refractivity contribution in [3.8, 4) is 23.0 Å². The number of hydrogen-bond donors (Lipinski definition) is 0. The normalized spacial score (nSPS) is 19.6. The van der Waals surface area contributed by atoms with E-state index in [1.807, 2.05) is 62.4 Å². The summed E-state index contributed by atoms with van der Waals surface area (Å²) in [7, 11) is 0. The van der Waals surface area contributed by atoms with Gasteiger partial charge in [0, 0.05) is 11.8 Å². The number of aromatic nitrogens is 1. The van der Waals surface area contributed by atoms with Crippen molar-refractivity contribution >= 4 is 57.4 Å². The van der Waals surface area contributed by atoms with Crippen LogP contribution in [0.25, 0.3) is 10.2 Å². The number of aryl methyl sites for hydroxylation is 2. The van der Waals surface area contributed by atoms with E-state index in [4.69, 9.17) is 18.9 Å². The molecule has 0 spiro atoms. The van der Waals surface area contributed by atoms with Gasteiger partial charge in [0.15, 0.2) is 11.8 Å². The van der Waals surface area contributed by atoms with Crippen molar-refractivity contribution in [2.75, 3.05) is 0 Å². The van der Waals surface area contributed by atoms with Gasteiger partial charge in [0.2, 0.25) is 0 Å². The lowest BCUT2D eigenvalue weighted by Crippen LogP contribution is -2.30. The van der Waals surface area contributed by atoms with E-state index in [-0.39, 0.29) is 41.1 Å². The Bertz CT molecular complexity index is 2370. The first-order chi connectivity index (χ1) is 29.0. The second-order valence-corrected chi connectivity index (χ2v) is 16.5. The Morgan fingerprint density at radius 3 is 1.57 bits per heavy atom. The lowest BCUT2D eigenvalue weighted by molar-refractivity contribution is -0.145. The molecule has 1 heterocycles. The molecule has 2 fully saturated rings. The lowest BCUT2D eigenvalue weighted by Gasteiger charge is -2.26. The minimum Gasteiger partial charge on any atom is -0.426 e. The summed E-state index contributed by atoms with van der Waals surface area (Å²) in [6.45, 7) is 7.58. The molecule has 2 saturated carbocycles. The summed E-state index contributed by atoms with van der Waals surface area (Å²) >= 11 is 1.34. The maximum atomic E-state index is 13.6. The van der Waals surface area contributed by atoms with E-state index in [1.54, 1.807) is 36.4 Å². The Hall–Kier alpha value is -6.27. The van der Waals surface area contributed by atoms with Gasteiger partial charge < -0.3 is 18.9 Å². The Kier molecular flexibility index (Phi) is 13.4. The fourth-order valence-electron chi connectivity index (χ4n) is 7.45. The van der Waals surface area contributed by atoms with Gasteiger partial charge in [-0.25, -0.2) is 4.98 Å². The molecule has 1 aromatic heterocycles. The van der Waals surface area contributed by atoms with Crippen molar-refractivity contribution in [3.63, 3.8) is 0 Å². The van der Waals surface area contributed by atoms with Gasteiger partial charge in [-0.05, 0) is 126 Å². The van der Waals surface area contributed by atoms with E-state index in [0.717, 1.165) is 21.3 Å². The molecule has 308 valence electrons. The third-order valence-electron chi connectivity index (χ3n) is 11.1. The summed E-state index contributed by atoms with van der Waals surface area (Å²) in [5, 5.41) is 0.467. The number of hydrogen-bond acceptors (Lipinski definition) is 12. The van der Waals surface area contributed by atoms with Crippen LogP contribution in [-0.4, -0.2) is 40.9 Å². The van der Waals surface area contributed by atoms with Crippen LogP contribution in [0.15, 0.2) is 109 Å².